The zero-order valence-electron chi connectivity index (χ0n) is 14.1. The molecule has 22 heavy (non-hydrogen) atoms. The standard InChI is InChI=1S/C16H28N4O2/c1-12-6-5-7-20(10-12)15(17)18-9-13-8-14(22-19-13)11-21-16(2,3)4/h8,12H,5-7,9-11H2,1-4H3,(H2,17,18). The van der Waals surface area contributed by atoms with E-state index in [0.29, 0.717) is 30.8 Å². The van der Waals surface area contributed by atoms with Gasteiger partial charge in [0.25, 0.3) is 0 Å². The van der Waals surface area contributed by atoms with Crippen molar-refractivity contribution in [3.63, 3.8) is 0 Å². The quantitative estimate of drug-likeness (QED) is 0.683. The van der Waals surface area contributed by atoms with Gasteiger partial charge in [-0.25, -0.2) is 4.99 Å². The molecule has 6 heteroatoms. The van der Waals surface area contributed by atoms with Crippen molar-refractivity contribution < 1.29 is 9.26 Å². The molecule has 1 aliphatic rings. The van der Waals surface area contributed by atoms with Gasteiger partial charge in [0.05, 0.1) is 12.1 Å². The molecule has 124 valence electrons. The number of aromatic nitrogens is 1. The average molecular weight is 308 g/mol. The minimum atomic E-state index is -0.194. The fourth-order valence-corrected chi connectivity index (χ4v) is 2.45. The van der Waals surface area contributed by atoms with E-state index in [4.69, 9.17) is 15.0 Å². The molecular weight excluding hydrogens is 280 g/mol. The van der Waals surface area contributed by atoms with E-state index in [-0.39, 0.29) is 5.60 Å². The van der Waals surface area contributed by atoms with Gasteiger partial charge >= 0.3 is 0 Å². The van der Waals surface area contributed by atoms with Crippen LogP contribution < -0.4 is 5.73 Å². The normalized spacial score (nSPS) is 20.5. The molecule has 2 N–H and O–H groups in total. The maximum atomic E-state index is 6.07. The molecular formula is C16H28N4O2. The predicted molar refractivity (Wildman–Crippen MR) is 86.3 cm³/mol. The van der Waals surface area contributed by atoms with Crippen LogP contribution in [-0.2, 0) is 17.9 Å². The molecule has 0 amide bonds. The summed E-state index contributed by atoms with van der Waals surface area (Å²) in [6, 6.07) is 1.88. The zero-order chi connectivity index (χ0) is 16.2. The number of aliphatic imine (C=N–C) groups is 1. The number of rotatable bonds is 4. The fourth-order valence-electron chi connectivity index (χ4n) is 2.45. The molecule has 1 aromatic rings. The summed E-state index contributed by atoms with van der Waals surface area (Å²) in [5.74, 6) is 1.99. The van der Waals surface area contributed by atoms with E-state index in [1.54, 1.807) is 0 Å². The highest BCUT2D eigenvalue weighted by atomic mass is 16.5. The van der Waals surface area contributed by atoms with Crippen LogP contribution in [0.5, 0.6) is 0 Å². The summed E-state index contributed by atoms with van der Waals surface area (Å²) in [6.45, 7) is 11.1. The minimum Gasteiger partial charge on any atom is -0.370 e. The molecule has 0 saturated carbocycles. The highest BCUT2D eigenvalue weighted by molar-refractivity contribution is 5.78. The molecule has 1 aliphatic heterocycles. The Kier molecular flexibility index (Phi) is 5.45. The van der Waals surface area contributed by atoms with Crippen LogP contribution in [0.4, 0.5) is 0 Å². The molecule has 1 atom stereocenters. The average Bonchev–Trinajstić information content (AvgIpc) is 2.90. The van der Waals surface area contributed by atoms with Gasteiger partial charge < -0.3 is 19.9 Å². The van der Waals surface area contributed by atoms with Crippen LogP contribution in [0, 0.1) is 5.92 Å². The highest BCUT2D eigenvalue weighted by Gasteiger charge is 2.18. The summed E-state index contributed by atoms with van der Waals surface area (Å²) in [4.78, 5) is 6.58. The number of hydrogen-bond donors (Lipinski definition) is 1. The molecule has 0 spiro atoms. The molecule has 0 bridgehead atoms. The molecule has 1 aromatic heterocycles. The predicted octanol–water partition coefficient (Wildman–Crippen LogP) is 2.54. The summed E-state index contributed by atoms with van der Waals surface area (Å²) in [5.41, 5.74) is 6.66. The van der Waals surface area contributed by atoms with Gasteiger partial charge in [-0.2, -0.15) is 0 Å². The number of likely N-dealkylation sites (tertiary alicyclic amines) is 1. The van der Waals surface area contributed by atoms with Gasteiger partial charge in [0.15, 0.2) is 11.7 Å². The van der Waals surface area contributed by atoms with Crippen LogP contribution in [0.3, 0.4) is 0 Å². The van der Waals surface area contributed by atoms with Gasteiger partial charge in [-0.05, 0) is 39.5 Å². The summed E-state index contributed by atoms with van der Waals surface area (Å²) >= 11 is 0. The summed E-state index contributed by atoms with van der Waals surface area (Å²) in [6.07, 6.45) is 2.44. The lowest BCUT2D eigenvalue weighted by Crippen LogP contribution is -2.43. The first-order chi connectivity index (χ1) is 10.3. The fraction of sp³-hybridized carbons (Fsp3) is 0.750. The number of guanidine groups is 1. The van der Waals surface area contributed by atoms with E-state index in [2.05, 4.69) is 22.0 Å². The third-order valence-electron chi connectivity index (χ3n) is 3.64. The lowest BCUT2D eigenvalue weighted by Gasteiger charge is -2.31. The van der Waals surface area contributed by atoms with Crippen LogP contribution >= 0.6 is 0 Å². The van der Waals surface area contributed by atoms with E-state index < -0.39 is 0 Å². The molecule has 1 unspecified atom stereocenters. The Morgan fingerprint density at radius 1 is 1.55 bits per heavy atom. The van der Waals surface area contributed by atoms with Crippen molar-refractivity contribution in [1.82, 2.24) is 10.1 Å². The molecule has 2 heterocycles. The van der Waals surface area contributed by atoms with E-state index >= 15 is 0 Å². The minimum absolute atomic E-state index is 0.194. The van der Waals surface area contributed by atoms with E-state index in [0.717, 1.165) is 18.8 Å². The Morgan fingerprint density at radius 2 is 2.32 bits per heavy atom. The van der Waals surface area contributed by atoms with Crippen LogP contribution in [0.2, 0.25) is 0 Å². The summed E-state index contributed by atoms with van der Waals surface area (Å²) in [5, 5.41) is 4.01. The Hall–Kier alpha value is -1.56. The Balaban J connectivity index is 1.85. The van der Waals surface area contributed by atoms with Crippen molar-refractivity contribution in [2.24, 2.45) is 16.6 Å². The van der Waals surface area contributed by atoms with Crippen LogP contribution in [0.1, 0.15) is 52.0 Å². The molecule has 0 radical (unpaired) electrons. The Morgan fingerprint density at radius 3 is 3.00 bits per heavy atom. The number of nitrogens with zero attached hydrogens (tertiary/aromatic N) is 3. The highest BCUT2D eigenvalue weighted by Crippen LogP contribution is 2.16. The van der Waals surface area contributed by atoms with Gasteiger partial charge in [-0.3, -0.25) is 0 Å². The SMILES string of the molecule is CC1CCCN(C(N)=NCc2cc(COC(C)(C)C)on2)C1. The van der Waals surface area contributed by atoms with Gasteiger partial charge in [0.2, 0.25) is 0 Å². The number of hydrogen-bond acceptors (Lipinski definition) is 4. The van der Waals surface area contributed by atoms with Gasteiger partial charge in [0, 0.05) is 19.2 Å². The van der Waals surface area contributed by atoms with Crippen LogP contribution in [-0.4, -0.2) is 34.7 Å². The van der Waals surface area contributed by atoms with Gasteiger partial charge in [0.1, 0.15) is 12.3 Å². The van der Waals surface area contributed by atoms with Crippen LogP contribution in [0.25, 0.3) is 0 Å². The first-order valence-corrected chi connectivity index (χ1v) is 7.97. The largest absolute Gasteiger partial charge is 0.370 e. The van der Waals surface area contributed by atoms with E-state index in [1.807, 2.05) is 26.8 Å². The lowest BCUT2D eigenvalue weighted by molar-refractivity contribution is -0.0241. The maximum Gasteiger partial charge on any atom is 0.191 e. The second-order valence-corrected chi connectivity index (χ2v) is 7.05. The van der Waals surface area contributed by atoms with Crippen molar-refractivity contribution in [3.8, 4) is 0 Å². The van der Waals surface area contributed by atoms with Crippen molar-refractivity contribution in [3.05, 3.63) is 17.5 Å². The Bertz CT molecular complexity index is 504. The lowest BCUT2D eigenvalue weighted by atomic mass is 10.0. The smallest absolute Gasteiger partial charge is 0.191 e. The number of nitrogens with two attached hydrogens (primary N) is 1. The molecule has 2 rings (SSSR count). The van der Waals surface area contributed by atoms with Crippen molar-refractivity contribution >= 4 is 5.96 Å². The summed E-state index contributed by atoms with van der Waals surface area (Å²) < 4.78 is 10.9. The third kappa shape index (κ3) is 5.33. The van der Waals surface area contributed by atoms with E-state index in [1.165, 1.54) is 12.8 Å². The van der Waals surface area contributed by atoms with Gasteiger partial charge in [-0.1, -0.05) is 12.1 Å². The number of piperidine rings is 1. The van der Waals surface area contributed by atoms with Crippen molar-refractivity contribution in [2.75, 3.05) is 13.1 Å². The van der Waals surface area contributed by atoms with Gasteiger partial charge in [-0.15, -0.1) is 0 Å². The summed E-state index contributed by atoms with van der Waals surface area (Å²) in [7, 11) is 0. The second-order valence-electron chi connectivity index (χ2n) is 7.05. The molecule has 0 aromatic carbocycles. The first-order valence-electron chi connectivity index (χ1n) is 7.97. The van der Waals surface area contributed by atoms with Crippen molar-refractivity contribution in [1.29, 1.82) is 0 Å². The molecule has 6 nitrogen and oxygen atoms in total. The maximum absolute atomic E-state index is 6.07. The van der Waals surface area contributed by atoms with Crippen molar-refractivity contribution in [2.45, 2.75) is 59.3 Å². The zero-order valence-corrected chi connectivity index (χ0v) is 14.1. The van der Waals surface area contributed by atoms with E-state index in [9.17, 15) is 0 Å². The Labute approximate surface area is 132 Å². The second kappa shape index (κ2) is 7.13. The monoisotopic (exact) mass is 308 g/mol. The number of ether oxygens (including phenoxy) is 1. The molecule has 1 saturated heterocycles. The van der Waals surface area contributed by atoms with Crippen LogP contribution in [0.15, 0.2) is 15.6 Å². The molecule has 0 aliphatic carbocycles. The topological polar surface area (TPSA) is 76.9 Å². The molecule has 1 fully saturated rings. The first kappa shape index (κ1) is 16.8. The third-order valence-corrected chi connectivity index (χ3v) is 3.64.